The van der Waals surface area contributed by atoms with Crippen LogP contribution in [0, 0.1) is 0 Å². The Morgan fingerprint density at radius 1 is 1.20 bits per heavy atom. The second-order valence-corrected chi connectivity index (χ2v) is 5.55. The molecule has 2 aromatic rings. The minimum Gasteiger partial charge on any atom is -0.497 e. The molecule has 1 aromatic heterocycles. The van der Waals surface area contributed by atoms with Gasteiger partial charge in [-0.2, -0.15) is 0 Å². The summed E-state index contributed by atoms with van der Waals surface area (Å²) in [5.74, 6) is 1.77. The highest BCUT2D eigenvalue weighted by molar-refractivity contribution is 7.05. The summed E-state index contributed by atoms with van der Waals surface area (Å²) in [7, 11) is 3.26. The number of benzene rings is 1. The highest BCUT2D eigenvalue weighted by Crippen LogP contribution is 2.35. The number of rotatable bonds is 5. The Bertz CT molecular complexity index is 584. The monoisotopic (exact) mass is 293 g/mol. The van der Waals surface area contributed by atoms with Crippen molar-refractivity contribution >= 4 is 11.5 Å². The fourth-order valence-electron chi connectivity index (χ4n) is 2.04. The first kappa shape index (κ1) is 14.7. The maximum Gasteiger partial charge on any atom is 0.124 e. The van der Waals surface area contributed by atoms with E-state index in [2.05, 4.69) is 23.4 Å². The van der Waals surface area contributed by atoms with Crippen LogP contribution in [0.1, 0.15) is 41.9 Å². The maximum absolute atomic E-state index is 6.39. The highest BCUT2D eigenvalue weighted by atomic mass is 32.1. The molecule has 2 rings (SSSR count). The van der Waals surface area contributed by atoms with Gasteiger partial charge in [0.15, 0.2) is 0 Å². The quantitative estimate of drug-likeness (QED) is 0.918. The molecule has 0 spiro atoms. The lowest BCUT2D eigenvalue weighted by Gasteiger charge is -2.17. The van der Waals surface area contributed by atoms with Gasteiger partial charge < -0.3 is 15.2 Å². The summed E-state index contributed by atoms with van der Waals surface area (Å²) >= 11 is 1.33. The highest BCUT2D eigenvalue weighted by Gasteiger charge is 2.22. The Morgan fingerprint density at radius 2 is 1.95 bits per heavy atom. The smallest absolute Gasteiger partial charge is 0.124 e. The summed E-state index contributed by atoms with van der Waals surface area (Å²) in [4.78, 5) is 0.964. The standard InChI is InChI=1S/C14H19N3O2S/c1-8(2)13-14(20-17-16-13)12(15)10-7-9(18-3)5-6-11(10)19-4/h5-8,12H,15H2,1-4H3. The predicted molar refractivity (Wildman–Crippen MR) is 79.6 cm³/mol. The molecule has 5 nitrogen and oxygen atoms in total. The third-order valence-corrected chi connectivity index (χ3v) is 3.96. The van der Waals surface area contributed by atoms with Crippen molar-refractivity contribution in [2.45, 2.75) is 25.8 Å². The van der Waals surface area contributed by atoms with Gasteiger partial charge >= 0.3 is 0 Å². The number of hydrogen-bond donors (Lipinski definition) is 1. The van der Waals surface area contributed by atoms with Gasteiger partial charge in [-0.05, 0) is 35.6 Å². The van der Waals surface area contributed by atoms with E-state index in [1.807, 2.05) is 18.2 Å². The molecule has 0 bridgehead atoms. The first-order chi connectivity index (χ1) is 9.58. The zero-order chi connectivity index (χ0) is 14.7. The van der Waals surface area contributed by atoms with Gasteiger partial charge in [-0.25, -0.2) is 0 Å². The SMILES string of the molecule is COc1ccc(OC)c(C(N)c2snnc2C(C)C)c1. The van der Waals surface area contributed by atoms with Crippen molar-refractivity contribution in [2.24, 2.45) is 5.73 Å². The van der Waals surface area contributed by atoms with Gasteiger partial charge in [-0.1, -0.05) is 18.3 Å². The lowest BCUT2D eigenvalue weighted by atomic mass is 10.00. The molecule has 0 saturated heterocycles. The number of nitrogens with two attached hydrogens (primary N) is 1. The van der Waals surface area contributed by atoms with Gasteiger partial charge in [0, 0.05) is 5.56 Å². The Labute approximate surface area is 122 Å². The summed E-state index contributed by atoms with van der Waals surface area (Å²) in [5, 5.41) is 4.18. The van der Waals surface area contributed by atoms with Gasteiger partial charge in [0.1, 0.15) is 11.5 Å². The van der Waals surface area contributed by atoms with Crippen LogP contribution in [0.4, 0.5) is 0 Å². The van der Waals surface area contributed by atoms with E-state index in [0.29, 0.717) is 0 Å². The Morgan fingerprint density at radius 3 is 2.55 bits per heavy atom. The van der Waals surface area contributed by atoms with Crippen molar-refractivity contribution in [3.05, 3.63) is 34.3 Å². The van der Waals surface area contributed by atoms with E-state index < -0.39 is 0 Å². The molecule has 0 aliphatic rings. The summed E-state index contributed by atoms with van der Waals surface area (Å²) in [6.07, 6.45) is 0. The zero-order valence-corrected chi connectivity index (χ0v) is 12.9. The number of hydrogen-bond acceptors (Lipinski definition) is 6. The lowest BCUT2D eigenvalue weighted by molar-refractivity contribution is 0.397. The molecule has 1 atom stereocenters. The van der Waals surface area contributed by atoms with Crippen LogP contribution in [0.3, 0.4) is 0 Å². The van der Waals surface area contributed by atoms with Gasteiger partial charge in [-0.3, -0.25) is 0 Å². The van der Waals surface area contributed by atoms with Crippen LogP contribution in [-0.2, 0) is 0 Å². The van der Waals surface area contributed by atoms with Crippen molar-refractivity contribution in [1.82, 2.24) is 9.59 Å². The van der Waals surface area contributed by atoms with E-state index in [9.17, 15) is 0 Å². The minimum atomic E-state index is -0.322. The summed E-state index contributed by atoms with van der Waals surface area (Å²) in [5.41, 5.74) is 8.21. The Hall–Kier alpha value is -1.66. The fourth-order valence-corrected chi connectivity index (χ4v) is 2.87. The van der Waals surface area contributed by atoms with Gasteiger partial charge in [0.25, 0.3) is 0 Å². The van der Waals surface area contributed by atoms with Crippen LogP contribution in [0.15, 0.2) is 18.2 Å². The summed E-state index contributed by atoms with van der Waals surface area (Å²) in [6.45, 7) is 4.16. The van der Waals surface area contributed by atoms with Crippen LogP contribution in [0.2, 0.25) is 0 Å². The molecule has 0 aliphatic heterocycles. The third kappa shape index (κ3) is 2.76. The van der Waals surface area contributed by atoms with E-state index in [4.69, 9.17) is 15.2 Å². The number of methoxy groups -OCH3 is 2. The molecule has 0 radical (unpaired) electrons. The fraction of sp³-hybridized carbons (Fsp3) is 0.429. The van der Waals surface area contributed by atoms with Crippen LogP contribution >= 0.6 is 11.5 Å². The molecule has 1 aromatic carbocycles. The predicted octanol–water partition coefficient (Wildman–Crippen LogP) is 2.73. The van der Waals surface area contributed by atoms with E-state index in [0.717, 1.165) is 27.6 Å². The molecular formula is C14H19N3O2S. The molecule has 20 heavy (non-hydrogen) atoms. The van der Waals surface area contributed by atoms with Gasteiger partial charge in [0.05, 0.1) is 30.8 Å². The largest absolute Gasteiger partial charge is 0.497 e. The Balaban J connectivity index is 2.46. The molecule has 0 fully saturated rings. The van der Waals surface area contributed by atoms with E-state index in [1.54, 1.807) is 14.2 Å². The van der Waals surface area contributed by atoms with Crippen molar-refractivity contribution < 1.29 is 9.47 Å². The first-order valence-corrected chi connectivity index (χ1v) is 7.15. The first-order valence-electron chi connectivity index (χ1n) is 6.38. The number of ether oxygens (including phenoxy) is 2. The van der Waals surface area contributed by atoms with Crippen LogP contribution in [-0.4, -0.2) is 23.8 Å². The molecule has 1 heterocycles. The van der Waals surface area contributed by atoms with Crippen molar-refractivity contribution in [1.29, 1.82) is 0 Å². The van der Waals surface area contributed by atoms with Crippen LogP contribution < -0.4 is 15.2 Å². The number of aromatic nitrogens is 2. The maximum atomic E-state index is 6.39. The summed E-state index contributed by atoms with van der Waals surface area (Å²) < 4.78 is 14.7. The van der Waals surface area contributed by atoms with Crippen LogP contribution in [0.25, 0.3) is 0 Å². The topological polar surface area (TPSA) is 70.3 Å². The molecule has 0 amide bonds. The average molecular weight is 293 g/mol. The normalized spacial score (nSPS) is 12.5. The third-order valence-electron chi connectivity index (χ3n) is 3.14. The molecule has 0 saturated carbocycles. The van der Waals surface area contributed by atoms with E-state index in [-0.39, 0.29) is 12.0 Å². The zero-order valence-electron chi connectivity index (χ0n) is 12.1. The molecule has 2 N–H and O–H groups in total. The van der Waals surface area contributed by atoms with Crippen molar-refractivity contribution in [3.8, 4) is 11.5 Å². The lowest BCUT2D eigenvalue weighted by Crippen LogP contribution is -2.14. The molecule has 1 unspecified atom stereocenters. The van der Waals surface area contributed by atoms with E-state index >= 15 is 0 Å². The minimum absolute atomic E-state index is 0.284. The molecule has 108 valence electrons. The van der Waals surface area contributed by atoms with Crippen molar-refractivity contribution in [3.63, 3.8) is 0 Å². The van der Waals surface area contributed by atoms with Crippen molar-refractivity contribution in [2.75, 3.05) is 14.2 Å². The second-order valence-electron chi connectivity index (χ2n) is 4.76. The summed E-state index contributed by atoms with van der Waals surface area (Å²) in [6, 6.07) is 5.28. The van der Waals surface area contributed by atoms with Gasteiger partial charge in [-0.15, -0.1) is 5.10 Å². The van der Waals surface area contributed by atoms with Gasteiger partial charge in [0.2, 0.25) is 0 Å². The number of nitrogens with zero attached hydrogens (tertiary/aromatic N) is 2. The average Bonchev–Trinajstić information content (AvgIpc) is 2.95. The van der Waals surface area contributed by atoms with E-state index in [1.165, 1.54) is 11.5 Å². The Kier molecular flexibility index (Phi) is 4.57. The second kappa shape index (κ2) is 6.19. The van der Waals surface area contributed by atoms with Crippen LogP contribution in [0.5, 0.6) is 11.5 Å². The molecule has 6 heteroatoms. The molecular weight excluding hydrogens is 274 g/mol. The molecule has 0 aliphatic carbocycles.